The summed E-state index contributed by atoms with van der Waals surface area (Å²) in [5, 5.41) is 12.0. The third-order valence-electron chi connectivity index (χ3n) is 3.00. The van der Waals surface area contributed by atoms with E-state index in [-0.39, 0.29) is 16.1 Å². The number of halogens is 3. The maximum absolute atomic E-state index is 13.7. The maximum Gasteiger partial charge on any atom is 0.337 e. The van der Waals surface area contributed by atoms with Gasteiger partial charge in [0.25, 0.3) is 0 Å². The predicted molar refractivity (Wildman–Crippen MR) is 76.8 cm³/mol. The van der Waals surface area contributed by atoms with E-state index >= 15 is 0 Å². The summed E-state index contributed by atoms with van der Waals surface area (Å²) in [5.74, 6) is -2.24. The number of carbonyl (C=O) groups is 1. The minimum absolute atomic E-state index is 0.0615. The first-order valence-electron chi connectivity index (χ1n) is 6.13. The fourth-order valence-electron chi connectivity index (χ4n) is 1.95. The highest BCUT2D eigenvalue weighted by Gasteiger charge is 2.14. The molecule has 110 valence electrons. The van der Waals surface area contributed by atoms with Crippen LogP contribution in [0.4, 0.5) is 14.5 Å². The van der Waals surface area contributed by atoms with E-state index in [0.717, 1.165) is 18.2 Å². The summed E-state index contributed by atoms with van der Waals surface area (Å²) in [7, 11) is 0. The molecule has 2 rings (SSSR count). The van der Waals surface area contributed by atoms with Crippen LogP contribution in [-0.4, -0.2) is 11.1 Å². The lowest BCUT2D eigenvalue weighted by atomic mass is 10.1. The van der Waals surface area contributed by atoms with Crippen LogP contribution in [0.15, 0.2) is 36.4 Å². The Hall–Kier alpha value is -2.14. The van der Waals surface area contributed by atoms with Crippen LogP contribution in [0.1, 0.15) is 28.9 Å². The number of nitrogens with one attached hydrogen (secondary N) is 1. The van der Waals surface area contributed by atoms with Gasteiger partial charge in [0.15, 0.2) is 0 Å². The highest BCUT2D eigenvalue weighted by molar-refractivity contribution is 6.33. The zero-order valence-corrected chi connectivity index (χ0v) is 11.8. The molecular formula is C15H12ClF2NO2. The molecule has 0 amide bonds. The Bertz CT molecular complexity index is 691. The molecule has 0 aliphatic heterocycles. The van der Waals surface area contributed by atoms with Gasteiger partial charge in [-0.05, 0) is 43.3 Å². The van der Waals surface area contributed by atoms with Gasteiger partial charge >= 0.3 is 5.97 Å². The number of rotatable bonds is 4. The molecule has 2 N–H and O–H groups in total. The van der Waals surface area contributed by atoms with Crippen LogP contribution in [0.3, 0.4) is 0 Å². The zero-order valence-electron chi connectivity index (χ0n) is 11.0. The van der Waals surface area contributed by atoms with Gasteiger partial charge in [-0.2, -0.15) is 0 Å². The van der Waals surface area contributed by atoms with Crippen molar-refractivity contribution in [2.24, 2.45) is 0 Å². The molecule has 0 aliphatic rings. The molecule has 2 aromatic rings. The van der Waals surface area contributed by atoms with E-state index in [1.54, 1.807) is 13.0 Å². The molecule has 0 heterocycles. The Morgan fingerprint density at radius 3 is 2.62 bits per heavy atom. The van der Waals surface area contributed by atoms with Crippen molar-refractivity contribution in [1.29, 1.82) is 0 Å². The fourth-order valence-corrected chi connectivity index (χ4v) is 2.15. The molecule has 0 saturated heterocycles. The van der Waals surface area contributed by atoms with Crippen LogP contribution >= 0.6 is 11.6 Å². The molecule has 6 heteroatoms. The molecule has 0 aromatic heterocycles. The second-order valence-corrected chi connectivity index (χ2v) is 4.94. The summed E-state index contributed by atoms with van der Waals surface area (Å²) in [6.07, 6.45) is 0. The Kier molecular flexibility index (Phi) is 4.43. The van der Waals surface area contributed by atoms with Gasteiger partial charge in [-0.1, -0.05) is 11.6 Å². The maximum atomic E-state index is 13.7. The van der Waals surface area contributed by atoms with Crippen molar-refractivity contribution in [1.82, 2.24) is 0 Å². The molecule has 0 radical (unpaired) electrons. The molecule has 0 bridgehead atoms. The third kappa shape index (κ3) is 3.49. The number of aromatic carboxylic acids is 1. The van der Waals surface area contributed by atoms with Crippen LogP contribution < -0.4 is 5.32 Å². The van der Waals surface area contributed by atoms with E-state index in [0.29, 0.717) is 5.69 Å². The summed E-state index contributed by atoms with van der Waals surface area (Å²) in [4.78, 5) is 11.0. The SMILES string of the molecule is CC(Nc1ccc(Cl)c(C(=O)O)c1)c1cc(F)ccc1F. The van der Waals surface area contributed by atoms with Crippen LogP contribution in [0.5, 0.6) is 0 Å². The quantitative estimate of drug-likeness (QED) is 0.874. The highest BCUT2D eigenvalue weighted by atomic mass is 35.5. The van der Waals surface area contributed by atoms with Crippen molar-refractivity contribution in [2.45, 2.75) is 13.0 Å². The fraction of sp³-hybridized carbons (Fsp3) is 0.133. The lowest BCUT2D eigenvalue weighted by Gasteiger charge is -2.17. The molecule has 21 heavy (non-hydrogen) atoms. The van der Waals surface area contributed by atoms with Crippen molar-refractivity contribution < 1.29 is 18.7 Å². The average Bonchev–Trinajstić information content (AvgIpc) is 2.43. The van der Waals surface area contributed by atoms with Gasteiger partial charge in [0, 0.05) is 11.3 Å². The number of hydrogen-bond acceptors (Lipinski definition) is 2. The van der Waals surface area contributed by atoms with Crippen molar-refractivity contribution in [3.05, 3.63) is 64.2 Å². The normalized spacial score (nSPS) is 12.0. The average molecular weight is 312 g/mol. The van der Waals surface area contributed by atoms with Gasteiger partial charge in [0.2, 0.25) is 0 Å². The summed E-state index contributed by atoms with van der Waals surface area (Å²) < 4.78 is 26.9. The van der Waals surface area contributed by atoms with Crippen molar-refractivity contribution in [2.75, 3.05) is 5.32 Å². The molecule has 0 spiro atoms. The van der Waals surface area contributed by atoms with E-state index in [1.165, 1.54) is 12.1 Å². The van der Waals surface area contributed by atoms with E-state index in [2.05, 4.69) is 5.32 Å². The van der Waals surface area contributed by atoms with Crippen LogP contribution in [0.25, 0.3) is 0 Å². The monoisotopic (exact) mass is 311 g/mol. The number of benzene rings is 2. The van der Waals surface area contributed by atoms with Crippen LogP contribution in [0, 0.1) is 11.6 Å². The summed E-state index contributed by atoms with van der Waals surface area (Å²) >= 11 is 5.77. The molecular weight excluding hydrogens is 300 g/mol. The molecule has 0 fully saturated rings. The summed E-state index contributed by atoms with van der Waals surface area (Å²) in [5.41, 5.74) is 0.545. The minimum atomic E-state index is -1.16. The van der Waals surface area contributed by atoms with Crippen LogP contribution in [0.2, 0.25) is 5.02 Å². The molecule has 1 atom stereocenters. The van der Waals surface area contributed by atoms with Gasteiger partial charge in [-0.25, -0.2) is 13.6 Å². The Morgan fingerprint density at radius 2 is 1.95 bits per heavy atom. The first kappa shape index (κ1) is 15.3. The van der Waals surface area contributed by atoms with Crippen molar-refractivity contribution >= 4 is 23.3 Å². The lowest BCUT2D eigenvalue weighted by Crippen LogP contribution is -2.10. The molecule has 2 aromatic carbocycles. The third-order valence-corrected chi connectivity index (χ3v) is 3.33. The van der Waals surface area contributed by atoms with E-state index in [1.807, 2.05) is 0 Å². The second-order valence-electron chi connectivity index (χ2n) is 4.53. The summed E-state index contributed by atoms with van der Waals surface area (Å²) in [6, 6.07) is 7.00. The van der Waals surface area contributed by atoms with E-state index in [4.69, 9.17) is 16.7 Å². The van der Waals surface area contributed by atoms with E-state index < -0.39 is 23.6 Å². The summed E-state index contributed by atoms with van der Waals surface area (Å²) in [6.45, 7) is 1.65. The van der Waals surface area contributed by atoms with Crippen molar-refractivity contribution in [3.63, 3.8) is 0 Å². The lowest BCUT2D eigenvalue weighted by molar-refractivity contribution is 0.0697. The molecule has 3 nitrogen and oxygen atoms in total. The van der Waals surface area contributed by atoms with Crippen LogP contribution in [-0.2, 0) is 0 Å². The topological polar surface area (TPSA) is 49.3 Å². The standard InChI is InChI=1S/C15H12ClF2NO2/c1-8(11-6-9(17)2-5-14(11)18)19-10-3-4-13(16)12(7-10)15(20)21/h2-8,19H,1H3,(H,20,21). The van der Waals surface area contributed by atoms with Gasteiger partial charge in [0.1, 0.15) is 11.6 Å². The minimum Gasteiger partial charge on any atom is -0.478 e. The first-order chi connectivity index (χ1) is 9.88. The zero-order chi connectivity index (χ0) is 15.6. The van der Waals surface area contributed by atoms with Gasteiger partial charge in [0.05, 0.1) is 16.6 Å². The molecule has 0 saturated carbocycles. The van der Waals surface area contributed by atoms with Gasteiger partial charge in [-0.3, -0.25) is 0 Å². The second kappa shape index (κ2) is 6.10. The smallest absolute Gasteiger partial charge is 0.337 e. The highest BCUT2D eigenvalue weighted by Crippen LogP contribution is 2.25. The van der Waals surface area contributed by atoms with Crippen molar-refractivity contribution in [3.8, 4) is 0 Å². The van der Waals surface area contributed by atoms with Gasteiger partial charge < -0.3 is 10.4 Å². The number of hydrogen-bond donors (Lipinski definition) is 2. The number of carboxylic acids is 1. The molecule has 0 aliphatic carbocycles. The number of carboxylic acid groups (broad SMARTS) is 1. The predicted octanol–water partition coefficient (Wildman–Crippen LogP) is 4.49. The van der Waals surface area contributed by atoms with E-state index in [9.17, 15) is 13.6 Å². The largest absolute Gasteiger partial charge is 0.478 e. The Balaban J connectivity index is 2.27. The first-order valence-corrected chi connectivity index (χ1v) is 6.50. The number of anilines is 1. The van der Waals surface area contributed by atoms with Gasteiger partial charge in [-0.15, -0.1) is 0 Å². The Labute approximate surface area is 125 Å². The Morgan fingerprint density at radius 1 is 1.24 bits per heavy atom. The molecule has 1 unspecified atom stereocenters.